The Bertz CT molecular complexity index is 188. The molecule has 0 saturated carbocycles. The van der Waals surface area contributed by atoms with Crippen LogP contribution in [0.15, 0.2) is 0 Å². The standard InChI is InChI=1S/C8H14ClNO3/c1-4(9)7(11)10-8-12-5(2)6(3)13-8/h4-6,8H,1-3H3,(H,10,11). The lowest BCUT2D eigenvalue weighted by atomic mass is 10.3. The topological polar surface area (TPSA) is 47.6 Å². The van der Waals surface area contributed by atoms with Gasteiger partial charge < -0.3 is 14.8 Å². The molecule has 76 valence electrons. The summed E-state index contributed by atoms with van der Waals surface area (Å²) in [4.78, 5) is 11.1. The molecule has 0 aromatic rings. The van der Waals surface area contributed by atoms with Crippen LogP contribution in [-0.2, 0) is 14.3 Å². The molecule has 1 saturated heterocycles. The molecule has 1 heterocycles. The first kappa shape index (κ1) is 10.8. The van der Waals surface area contributed by atoms with Gasteiger partial charge in [-0.3, -0.25) is 4.79 Å². The molecule has 0 spiro atoms. The van der Waals surface area contributed by atoms with Crippen LogP contribution in [0.25, 0.3) is 0 Å². The second kappa shape index (κ2) is 4.26. The van der Waals surface area contributed by atoms with E-state index >= 15 is 0 Å². The molecule has 1 aliphatic rings. The molecule has 5 heteroatoms. The van der Waals surface area contributed by atoms with Crippen LogP contribution in [0.4, 0.5) is 0 Å². The zero-order chi connectivity index (χ0) is 10.0. The van der Waals surface area contributed by atoms with Gasteiger partial charge in [0.15, 0.2) is 0 Å². The van der Waals surface area contributed by atoms with E-state index in [4.69, 9.17) is 21.1 Å². The van der Waals surface area contributed by atoms with Gasteiger partial charge in [-0.15, -0.1) is 11.6 Å². The summed E-state index contributed by atoms with van der Waals surface area (Å²) in [6.45, 7) is 5.38. The van der Waals surface area contributed by atoms with Crippen molar-refractivity contribution >= 4 is 17.5 Å². The molecule has 4 nitrogen and oxygen atoms in total. The van der Waals surface area contributed by atoms with Gasteiger partial charge in [0.05, 0.1) is 12.2 Å². The van der Waals surface area contributed by atoms with Crippen molar-refractivity contribution in [2.75, 3.05) is 0 Å². The summed E-state index contributed by atoms with van der Waals surface area (Å²) in [6, 6.07) is 0. The van der Waals surface area contributed by atoms with Crippen LogP contribution < -0.4 is 5.32 Å². The van der Waals surface area contributed by atoms with Gasteiger partial charge in [-0.25, -0.2) is 0 Å². The number of hydrogen-bond donors (Lipinski definition) is 1. The number of amides is 1. The number of ether oxygens (including phenoxy) is 2. The quantitative estimate of drug-likeness (QED) is 0.683. The van der Waals surface area contributed by atoms with Crippen LogP contribution in [0.5, 0.6) is 0 Å². The van der Waals surface area contributed by atoms with Crippen molar-refractivity contribution in [2.45, 2.75) is 44.8 Å². The summed E-state index contributed by atoms with van der Waals surface area (Å²) in [5, 5.41) is 1.95. The number of halogens is 1. The second-order valence-corrected chi connectivity index (χ2v) is 3.79. The third-order valence-corrected chi connectivity index (χ3v) is 2.16. The lowest BCUT2D eigenvalue weighted by molar-refractivity contribution is -0.136. The molecule has 3 unspecified atom stereocenters. The van der Waals surface area contributed by atoms with Gasteiger partial charge in [-0.05, 0) is 20.8 Å². The number of carbonyl (C=O) groups is 1. The van der Waals surface area contributed by atoms with E-state index in [-0.39, 0.29) is 18.1 Å². The Morgan fingerprint density at radius 1 is 1.38 bits per heavy atom. The number of carbonyl (C=O) groups excluding carboxylic acids is 1. The average molecular weight is 208 g/mol. The van der Waals surface area contributed by atoms with Crippen molar-refractivity contribution in [2.24, 2.45) is 0 Å². The predicted octanol–water partition coefficient (Wildman–Crippen LogP) is 0.837. The van der Waals surface area contributed by atoms with Crippen molar-refractivity contribution in [1.29, 1.82) is 0 Å². The van der Waals surface area contributed by atoms with E-state index in [0.29, 0.717) is 0 Å². The molecule has 0 radical (unpaired) electrons. The van der Waals surface area contributed by atoms with Crippen LogP contribution in [0.2, 0.25) is 0 Å². The molecule has 0 aromatic carbocycles. The number of rotatable bonds is 2. The highest BCUT2D eigenvalue weighted by Crippen LogP contribution is 2.16. The Labute approximate surface area is 82.5 Å². The van der Waals surface area contributed by atoms with Crippen LogP contribution in [0, 0.1) is 0 Å². The summed E-state index contributed by atoms with van der Waals surface area (Å²) in [7, 11) is 0. The summed E-state index contributed by atoms with van der Waals surface area (Å²) >= 11 is 5.56. The highest BCUT2D eigenvalue weighted by Gasteiger charge is 2.31. The summed E-state index contributed by atoms with van der Waals surface area (Å²) < 4.78 is 10.6. The molecular formula is C8H14ClNO3. The van der Waals surface area contributed by atoms with Crippen molar-refractivity contribution in [3.63, 3.8) is 0 Å². The van der Waals surface area contributed by atoms with Gasteiger partial charge in [0.25, 0.3) is 0 Å². The van der Waals surface area contributed by atoms with E-state index in [1.807, 2.05) is 13.8 Å². The van der Waals surface area contributed by atoms with Crippen LogP contribution >= 0.6 is 11.6 Å². The fraction of sp³-hybridized carbons (Fsp3) is 0.875. The number of alkyl halides is 1. The van der Waals surface area contributed by atoms with Gasteiger partial charge in [-0.1, -0.05) is 0 Å². The molecule has 3 atom stereocenters. The fourth-order valence-corrected chi connectivity index (χ4v) is 1.01. The lowest BCUT2D eigenvalue weighted by Gasteiger charge is -2.12. The maximum absolute atomic E-state index is 11.1. The third-order valence-electron chi connectivity index (χ3n) is 1.96. The molecule has 1 fully saturated rings. The van der Waals surface area contributed by atoms with Crippen molar-refractivity contribution in [3.8, 4) is 0 Å². The molecule has 0 aromatic heterocycles. The van der Waals surface area contributed by atoms with Gasteiger partial charge in [0.2, 0.25) is 12.3 Å². The zero-order valence-electron chi connectivity index (χ0n) is 7.91. The maximum Gasteiger partial charge on any atom is 0.241 e. The van der Waals surface area contributed by atoms with Crippen molar-refractivity contribution in [1.82, 2.24) is 5.32 Å². The lowest BCUT2D eigenvalue weighted by Crippen LogP contribution is -2.39. The average Bonchev–Trinajstić information content (AvgIpc) is 2.31. The third kappa shape index (κ3) is 2.83. The van der Waals surface area contributed by atoms with E-state index in [1.54, 1.807) is 6.92 Å². The van der Waals surface area contributed by atoms with Gasteiger partial charge in [-0.2, -0.15) is 0 Å². The molecule has 1 N–H and O–H groups in total. The minimum absolute atomic E-state index is 0.00377. The molecule has 1 amide bonds. The zero-order valence-corrected chi connectivity index (χ0v) is 8.67. The fourth-order valence-electron chi connectivity index (χ4n) is 0.942. The van der Waals surface area contributed by atoms with E-state index in [2.05, 4.69) is 5.32 Å². The van der Waals surface area contributed by atoms with Gasteiger partial charge in [0.1, 0.15) is 5.38 Å². The van der Waals surface area contributed by atoms with Crippen LogP contribution in [0.1, 0.15) is 20.8 Å². The van der Waals surface area contributed by atoms with Crippen molar-refractivity contribution < 1.29 is 14.3 Å². The first-order valence-corrected chi connectivity index (χ1v) is 4.69. The molecule has 13 heavy (non-hydrogen) atoms. The Balaban J connectivity index is 2.36. The first-order chi connectivity index (χ1) is 6.00. The first-order valence-electron chi connectivity index (χ1n) is 4.26. The molecule has 0 bridgehead atoms. The highest BCUT2D eigenvalue weighted by molar-refractivity contribution is 6.30. The number of nitrogens with one attached hydrogen (secondary N) is 1. The number of hydrogen-bond acceptors (Lipinski definition) is 3. The summed E-state index contributed by atoms with van der Waals surface area (Å²) in [5.74, 6) is -0.284. The van der Waals surface area contributed by atoms with Gasteiger partial charge >= 0.3 is 0 Å². The monoisotopic (exact) mass is 207 g/mol. The minimum Gasteiger partial charge on any atom is -0.329 e. The van der Waals surface area contributed by atoms with E-state index in [1.165, 1.54) is 0 Å². The minimum atomic E-state index is -0.654. The molecular weight excluding hydrogens is 194 g/mol. The maximum atomic E-state index is 11.1. The van der Waals surface area contributed by atoms with Crippen molar-refractivity contribution in [3.05, 3.63) is 0 Å². The second-order valence-electron chi connectivity index (χ2n) is 3.14. The van der Waals surface area contributed by atoms with Gasteiger partial charge in [0, 0.05) is 0 Å². The summed E-state index contributed by atoms with van der Waals surface area (Å²) in [5.41, 5.74) is 0. The Morgan fingerprint density at radius 2 is 1.85 bits per heavy atom. The van der Waals surface area contributed by atoms with Crippen LogP contribution in [-0.4, -0.2) is 29.9 Å². The van der Waals surface area contributed by atoms with E-state index in [0.717, 1.165) is 0 Å². The molecule has 1 aliphatic heterocycles. The smallest absolute Gasteiger partial charge is 0.241 e. The molecule has 0 aliphatic carbocycles. The van der Waals surface area contributed by atoms with E-state index in [9.17, 15) is 4.79 Å². The summed E-state index contributed by atoms with van der Waals surface area (Å²) in [6.07, 6.45) is -0.662. The predicted molar refractivity (Wildman–Crippen MR) is 48.3 cm³/mol. The largest absolute Gasteiger partial charge is 0.329 e. The highest BCUT2D eigenvalue weighted by atomic mass is 35.5. The van der Waals surface area contributed by atoms with Crippen LogP contribution in [0.3, 0.4) is 0 Å². The normalized spacial score (nSPS) is 35.8. The Hall–Kier alpha value is -0.320. The Morgan fingerprint density at radius 3 is 2.23 bits per heavy atom. The molecule has 1 rings (SSSR count). The Kier molecular flexibility index (Phi) is 3.53. The van der Waals surface area contributed by atoms with E-state index < -0.39 is 11.8 Å². The SMILES string of the molecule is CC(Cl)C(=O)NC1OC(C)C(C)O1.